The molecule has 0 radical (unpaired) electrons. The number of furan rings is 1. The fourth-order valence-corrected chi connectivity index (χ4v) is 1.06. The molecule has 0 saturated heterocycles. The average molecular weight is 183 g/mol. The first-order valence-electron chi connectivity index (χ1n) is 4.51. The summed E-state index contributed by atoms with van der Waals surface area (Å²) in [5.41, 5.74) is 1.17. The van der Waals surface area contributed by atoms with Crippen molar-refractivity contribution in [1.82, 2.24) is 5.32 Å². The van der Waals surface area contributed by atoms with Crippen molar-refractivity contribution >= 4 is 0 Å². The van der Waals surface area contributed by atoms with Gasteiger partial charge in [0.1, 0.15) is 12.4 Å². The summed E-state index contributed by atoms with van der Waals surface area (Å²) in [6.45, 7) is 5.64. The van der Waals surface area contributed by atoms with Gasteiger partial charge in [-0.15, -0.1) is 0 Å². The number of ether oxygens (including phenoxy) is 1. The van der Waals surface area contributed by atoms with Gasteiger partial charge in [-0.2, -0.15) is 0 Å². The van der Waals surface area contributed by atoms with Crippen LogP contribution in [0.1, 0.15) is 25.2 Å². The van der Waals surface area contributed by atoms with Gasteiger partial charge in [0.25, 0.3) is 0 Å². The molecule has 1 aromatic rings. The highest BCUT2D eigenvalue weighted by Crippen LogP contribution is 2.08. The van der Waals surface area contributed by atoms with E-state index in [0.717, 1.165) is 12.3 Å². The number of hydrogen-bond acceptors (Lipinski definition) is 3. The molecule has 1 heterocycles. The molecule has 3 heteroatoms. The van der Waals surface area contributed by atoms with Crippen LogP contribution < -0.4 is 5.32 Å². The Balaban J connectivity index is 2.39. The van der Waals surface area contributed by atoms with E-state index in [1.165, 1.54) is 5.56 Å². The van der Waals surface area contributed by atoms with Gasteiger partial charge in [0, 0.05) is 25.3 Å². The second kappa shape index (κ2) is 5.04. The molecule has 0 saturated carbocycles. The molecule has 0 fully saturated rings. The van der Waals surface area contributed by atoms with E-state index in [-0.39, 0.29) is 0 Å². The smallest absolute Gasteiger partial charge is 0.129 e. The Morgan fingerprint density at radius 2 is 2.31 bits per heavy atom. The predicted molar refractivity (Wildman–Crippen MR) is 51.4 cm³/mol. The third-order valence-electron chi connectivity index (χ3n) is 1.71. The van der Waals surface area contributed by atoms with Crippen LogP contribution >= 0.6 is 0 Å². The first kappa shape index (κ1) is 10.3. The minimum absolute atomic E-state index is 0.501. The summed E-state index contributed by atoms with van der Waals surface area (Å²) in [6, 6.07) is 2.51. The molecule has 0 amide bonds. The van der Waals surface area contributed by atoms with Crippen LogP contribution in [0, 0.1) is 0 Å². The third-order valence-corrected chi connectivity index (χ3v) is 1.71. The summed E-state index contributed by atoms with van der Waals surface area (Å²) in [6.07, 6.45) is 1.77. The van der Waals surface area contributed by atoms with Gasteiger partial charge >= 0.3 is 0 Å². The van der Waals surface area contributed by atoms with Gasteiger partial charge in [-0.1, -0.05) is 13.8 Å². The molecule has 0 bridgehead atoms. The zero-order valence-electron chi connectivity index (χ0n) is 8.46. The molecular weight excluding hydrogens is 166 g/mol. The van der Waals surface area contributed by atoms with E-state index < -0.39 is 0 Å². The maximum atomic E-state index is 5.27. The van der Waals surface area contributed by atoms with Crippen molar-refractivity contribution in [3.63, 3.8) is 0 Å². The van der Waals surface area contributed by atoms with Crippen molar-refractivity contribution in [2.24, 2.45) is 0 Å². The van der Waals surface area contributed by atoms with Gasteiger partial charge in [0.2, 0.25) is 0 Å². The zero-order valence-corrected chi connectivity index (χ0v) is 8.46. The highest BCUT2D eigenvalue weighted by molar-refractivity contribution is 5.12. The van der Waals surface area contributed by atoms with E-state index in [4.69, 9.17) is 9.15 Å². The van der Waals surface area contributed by atoms with Gasteiger partial charge in [0.05, 0.1) is 6.26 Å². The predicted octanol–water partition coefficient (Wildman–Crippen LogP) is 1.92. The molecule has 0 unspecified atom stereocenters. The number of rotatable bonds is 5. The molecule has 1 rings (SSSR count). The van der Waals surface area contributed by atoms with Crippen LogP contribution in [0.3, 0.4) is 0 Å². The molecule has 3 nitrogen and oxygen atoms in total. The second-order valence-electron chi connectivity index (χ2n) is 3.39. The molecule has 0 atom stereocenters. The monoisotopic (exact) mass is 183 g/mol. The van der Waals surface area contributed by atoms with E-state index in [1.807, 2.05) is 6.07 Å². The van der Waals surface area contributed by atoms with Crippen LogP contribution in [0.4, 0.5) is 0 Å². The number of hydrogen-bond donors (Lipinski definition) is 1. The SMILES string of the molecule is COCc1cc(CNC(C)C)co1. The summed E-state index contributed by atoms with van der Waals surface area (Å²) in [5.74, 6) is 0.878. The minimum atomic E-state index is 0.501. The van der Waals surface area contributed by atoms with E-state index in [1.54, 1.807) is 13.4 Å². The molecule has 1 N–H and O–H groups in total. The van der Waals surface area contributed by atoms with Gasteiger partial charge in [-0.25, -0.2) is 0 Å². The summed E-state index contributed by atoms with van der Waals surface area (Å²) < 4.78 is 10.2. The lowest BCUT2D eigenvalue weighted by molar-refractivity contribution is 0.164. The fraction of sp³-hybridized carbons (Fsp3) is 0.600. The molecule has 74 valence electrons. The Hall–Kier alpha value is -0.800. The lowest BCUT2D eigenvalue weighted by Gasteiger charge is -2.04. The van der Waals surface area contributed by atoms with Crippen molar-refractivity contribution in [3.05, 3.63) is 23.7 Å². The molecular formula is C10H17NO2. The number of nitrogens with one attached hydrogen (secondary N) is 1. The Kier molecular flexibility index (Phi) is 3.99. The highest BCUT2D eigenvalue weighted by atomic mass is 16.5. The molecule has 0 aliphatic rings. The average Bonchev–Trinajstić information content (AvgIpc) is 2.50. The van der Waals surface area contributed by atoms with Gasteiger partial charge < -0.3 is 14.5 Å². The van der Waals surface area contributed by atoms with E-state index in [9.17, 15) is 0 Å². The lowest BCUT2D eigenvalue weighted by atomic mass is 10.3. The largest absolute Gasteiger partial charge is 0.467 e. The molecule has 0 aromatic carbocycles. The summed E-state index contributed by atoms with van der Waals surface area (Å²) >= 11 is 0. The Morgan fingerprint density at radius 1 is 1.54 bits per heavy atom. The number of methoxy groups -OCH3 is 1. The standard InChI is InChI=1S/C10H17NO2/c1-8(2)11-5-9-4-10(7-12-3)13-6-9/h4,6,8,11H,5,7H2,1-3H3. The van der Waals surface area contributed by atoms with Crippen LogP contribution in [0.5, 0.6) is 0 Å². The Morgan fingerprint density at radius 3 is 2.92 bits per heavy atom. The fourth-order valence-electron chi connectivity index (χ4n) is 1.06. The third kappa shape index (κ3) is 3.61. The van der Waals surface area contributed by atoms with Crippen molar-refractivity contribution in [2.75, 3.05) is 7.11 Å². The maximum Gasteiger partial charge on any atom is 0.129 e. The molecule has 13 heavy (non-hydrogen) atoms. The van der Waals surface area contributed by atoms with Crippen molar-refractivity contribution in [2.45, 2.75) is 33.0 Å². The molecule has 1 aromatic heterocycles. The molecule has 0 aliphatic heterocycles. The van der Waals surface area contributed by atoms with Gasteiger partial charge in [-0.3, -0.25) is 0 Å². The highest BCUT2D eigenvalue weighted by Gasteiger charge is 2.01. The second-order valence-corrected chi connectivity index (χ2v) is 3.39. The molecule has 0 spiro atoms. The molecule has 0 aliphatic carbocycles. The quantitative estimate of drug-likeness (QED) is 0.757. The lowest BCUT2D eigenvalue weighted by Crippen LogP contribution is -2.21. The van der Waals surface area contributed by atoms with Gasteiger partial charge in [-0.05, 0) is 6.07 Å². The minimum Gasteiger partial charge on any atom is -0.467 e. The topological polar surface area (TPSA) is 34.4 Å². The van der Waals surface area contributed by atoms with E-state index >= 15 is 0 Å². The van der Waals surface area contributed by atoms with Crippen LogP contribution in [-0.4, -0.2) is 13.2 Å². The Labute approximate surface area is 79.1 Å². The van der Waals surface area contributed by atoms with Crippen LogP contribution in [0.15, 0.2) is 16.7 Å². The van der Waals surface area contributed by atoms with Crippen LogP contribution in [0.2, 0.25) is 0 Å². The Bertz CT molecular complexity index is 243. The summed E-state index contributed by atoms with van der Waals surface area (Å²) in [5, 5.41) is 3.32. The summed E-state index contributed by atoms with van der Waals surface area (Å²) in [7, 11) is 1.66. The normalized spacial score (nSPS) is 11.1. The maximum absolute atomic E-state index is 5.27. The van der Waals surface area contributed by atoms with Gasteiger partial charge in [0.15, 0.2) is 0 Å². The van der Waals surface area contributed by atoms with Crippen molar-refractivity contribution < 1.29 is 9.15 Å². The van der Waals surface area contributed by atoms with Crippen LogP contribution in [0.25, 0.3) is 0 Å². The summed E-state index contributed by atoms with van der Waals surface area (Å²) in [4.78, 5) is 0. The van der Waals surface area contributed by atoms with E-state index in [2.05, 4.69) is 19.2 Å². The first-order chi connectivity index (χ1) is 6.22. The van der Waals surface area contributed by atoms with E-state index in [0.29, 0.717) is 12.6 Å². The van der Waals surface area contributed by atoms with Crippen molar-refractivity contribution in [1.29, 1.82) is 0 Å². The van der Waals surface area contributed by atoms with Crippen LogP contribution in [-0.2, 0) is 17.9 Å². The van der Waals surface area contributed by atoms with Crippen molar-refractivity contribution in [3.8, 4) is 0 Å². The first-order valence-corrected chi connectivity index (χ1v) is 4.51. The zero-order chi connectivity index (χ0) is 9.68.